The summed E-state index contributed by atoms with van der Waals surface area (Å²) in [6, 6.07) is 3.03. The lowest BCUT2D eigenvalue weighted by atomic mass is 9.83. The fourth-order valence-electron chi connectivity index (χ4n) is 7.15. The van der Waals surface area contributed by atoms with Crippen molar-refractivity contribution in [3.8, 4) is 0 Å². The predicted octanol–water partition coefficient (Wildman–Crippen LogP) is 5.32. The van der Waals surface area contributed by atoms with E-state index in [-0.39, 0.29) is 35.2 Å². The average Bonchev–Trinajstić information content (AvgIpc) is 3.01. The van der Waals surface area contributed by atoms with E-state index in [2.05, 4.69) is 15.5 Å². The highest BCUT2D eigenvalue weighted by Crippen LogP contribution is 2.41. The zero-order valence-electron chi connectivity index (χ0n) is 26.3. The largest absolute Gasteiger partial charge is 0.396 e. The highest BCUT2D eigenvalue weighted by atomic mass is 19.4. The Morgan fingerprint density at radius 3 is 2.29 bits per heavy atom. The van der Waals surface area contributed by atoms with Crippen molar-refractivity contribution in [3.05, 3.63) is 41.4 Å². The maximum atomic E-state index is 15.9. The molecule has 1 saturated carbocycles. The van der Waals surface area contributed by atoms with Crippen molar-refractivity contribution < 1.29 is 31.9 Å². The normalized spacial score (nSPS) is 27.1. The van der Waals surface area contributed by atoms with Crippen molar-refractivity contribution in [2.24, 2.45) is 17.8 Å². The second-order valence-corrected chi connectivity index (χ2v) is 13.1. The Morgan fingerprint density at radius 1 is 1.02 bits per heavy atom. The molecule has 3 amide bonds. The van der Waals surface area contributed by atoms with Gasteiger partial charge in [-0.25, -0.2) is 4.39 Å². The predicted molar refractivity (Wildman–Crippen MR) is 165 cm³/mol. The van der Waals surface area contributed by atoms with Crippen molar-refractivity contribution in [2.75, 3.05) is 43.4 Å². The van der Waals surface area contributed by atoms with Crippen molar-refractivity contribution in [1.82, 2.24) is 15.1 Å². The third-order valence-corrected chi connectivity index (χ3v) is 10.1. The van der Waals surface area contributed by atoms with E-state index in [1.807, 2.05) is 36.8 Å². The van der Waals surface area contributed by atoms with Crippen LogP contribution in [-0.2, 0) is 14.4 Å². The van der Waals surface area contributed by atoms with Gasteiger partial charge in [-0.05, 0) is 57.9 Å². The van der Waals surface area contributed by atoms with Crippen molar-refractivity contribution >= 4 is 34.7 Å². The minimum Gasteiger partial charge on any atom is -0.367 e. The molecule has 1 saturated heterocycles. The number of hydrogen-bond donors (Lipinski definition) is 2. The van der Waals surface area contributed by atoms with Gasteiger partial charge < -0.3 is 20.4 Å². The minimum atomic E-state index is -4.83. The molecule has 0 aromatic heterocycles. The summed E-state index contributed by atoms with van der Waals surface area (Å²) in [5.74, 6) is -5.96. The Labute approximate surface area is 261 Å². The van der Waals surface area contributed by atoms with Crippen LogP contribution < -0.4 is 15.5 Å². The molecular weight excluding hydrogens is 590 g/mol. The molecule has 3 heterocycles. The Hall–Kier alpha value is -3.41. The number of carbonyl (C=O) groups excluding carboxylic acids is 3. The van der Waals surface area contributed by atoms with E-state index in [0.717, 1.165) is 45.2 Å². The first-order valence-electron chi connectivity index (χ1n) is 15.9. The Morgan fingerprint density at radius 2 is 1.69 bits per heavy atom. The van der Waals surface area contributed by atoms with Gasteiger partial charge in [-0.3, -0.25) is 19.3 Å². The molecule has 2 fully saturated rings. The van der Waals surface area contributed by atoms with E-state index in [4.69, 9.17) is 0 Å². The van der Waals surface area contributed by atoms with E-state index in [0.29, 0.717) is 43.9 Å². The number of carbonyl (C=O) groups is 3. The van der Waals surface area contributed by atoms with Gasteiger partial charge >= 0.3 is 6.18 Å². The maximum absolute atomic E-state index is 15.9. The summed E-state index contributed by atoms with van der Waals surface area (Å²) in [5, 5.41) is 4.94. The van der Waals surface area contributed by atoms with E-state index in [9.17, 15) is 27.6 Å². The minimum absolute atomic E-state index is 0.0297. The van der Waals surface area contributed by atoms with Gasteiger partial charge in [-0.15, -0.1) is 0 Å². The van der Waals surface area contributed by atoms with Gasteiger partial charge in [0.1, 0.15) is 5.82 Å². The Bertz CT molecular complexity index is 1370. The number of benzene rings is 1. The first-order chi connectivity index (χ1) is 21.3. The van der Waals surface area contributed by atoms with Crippen LogP contribution in [0.5, 0.6) is 0 Å². The number of hydrogen-bond acceptors (Lipinski definition) is 5. The van der Waals surface area contributed by atoms with Crippen molar-refractivity contribution in [1.29, 1.82) is 0 Å². The summed E-state index contributed by atoms with van der Waals surface area (Å²) < 4.78 is 58.1. The molecule has 5 rings (SSSR count). The maximum Gasteiger partial charge on any atom is 0.396 e. The van der Waals surface area contributed by atoms with E-state index in [1.165, 1.54) is 12.1 Å². The van der Waals surface area contributed by atoms with Crippen LogP contribution in [0.15, 0.2) is 30.0 Å². The quantitative estimate of drug-likeness (QED) is 0.429. The summed E-state index contributed by atoms with van der Waals surface area (Å²) in [5.41, 5.74) is 0.863. The van der Waals surface area contributed by atoms with Gasteiger partial charge in [0.05, 0.1) is 23.2 Å². The molecule has 2 N–H and O–H groups in total. The first kappa shape index (κ1) is 33.0. The van der Waals surface area contributed by atoms with Crippen LogP contribution in [-0.4, -0.2) is 79.0 Å². The molecule has 4 atom stereocenters. The zero-order chi connectivity index (χ0) is 32.6. The smallest absolute Gasteiger partial charge is 0.367 e. The number of anilines is 2. The molecule has 0 spiro atoms. The number of halogens is 4. The first-order valence-corrected chi connectivity index (χ1v) is 15.9. The second kappa shape index (κ2) is 13.1. The Balaban J connectivity index is 1.47. The van der Waals surface area contributed by atoms with Crippen LogP contribution in [0.1, 0.15) is 64.9 Å². The van der Waals surface area contributed by atoms with Crippen LogP contribution in [0, 0.1) is 23.6 Å². The lowest BCUT2D eigenvalue weighted by Crippen LogP contribution is -2.55. The second-order valence-electron chi connectivity index (χ2n) is 13.1. The highest BCUT2D eigenvalue weighted by Gasteiger charge is 2.51. The molecule has 1 aromatic rings. The summed E-state index contributed by atoms with van der Waals surface area (Å²) in [6.45, 7) is 7.02. The molecule has 246 valence electrons. The topological polar surface area (TPSA) is 85.0 Å². The van der Waals surface area contributed by atoms with Gasteiger partial charge in [0, 0.05) is 61.5 Å². The number of rotatable bonds is 5. The lowest BCUT2D eigenvalue weighted by molar-refractivity contribution is -0.182. The molecule has 12 heteroatoms. The molecule has 3 aliphatic heterocycles. The SMILES string of the molecule is CC1C(=O)NC=C(C(=O)Nc2cc(C3=CCN(C(=O)C4CCCCC4)CC3)c(F)cc2N2C[C@@H](C)N(C)[C@@H](C)C2)C1C(F)(F)F. The van der Waals surface area contributed by atoms with E-state index in [1.54, 1.807) is 0 Å². The van der Waals surface area contributed by atoms with Crippen molar-refractivity contribution in [2.45, 2.75) is 77.6 Å². The molecule has 0 bridgehead atoms. The molecule has 2 unspecified atom stereocenters. The van der Waals surface area contributed by atoms with Gasteiger partial charge in [0.25, 0.3) is 5.91 Å². The molecule has 4 aliphatic rings. The standard InChI is InChI=1S/C33H43F4N5O3/c1-19-17-42(18-20(2)40(19)4)28-15-26(34)24(22-10-12-41(13-11-22)32(45)23-8-6-5-7-9-23)14-27(28)39-31(44)25-16-38-30(43)21(3)29(25)33(35,36)37/h10,14-16,19-21,23,29H,5-9,11-13,17-18H2,1-4H3,(H,38,43)(H,39,44)/t19-,20+,21?,29?. The summed E-state index contributed by atoms with van der Waals surface area (Å²) in [4.78, 5) is 44.6. The van der Waals surface area contributed by atoms with Crippen LogP contribution in [0.3, 0.4) is 0 Å². The fourth-order valence-corrected chi connectivity index (χ4v) is 7.15. The number of alkyl halides is 3. The fraction of sp³-hybridized carbons (Fsp3) is 0.606. The van der Waals surface area contributed by atoms with Gasteiger partial charge in [-0.2, -0.15) is 13.2 Å². The summed E-state index contributed by atoms with van der Waals surface area (Å²) in [7, 11) is 2.00. The molecule has 8 nitrogen and oxygen atoms in total. The molecule has 1 aromatic carbocycles. The average molecular weight is 634 g/mol. The molecule has 0 radical (unpaired) electrons. The third-order valence-electron chi connectivity index (χ3n) is 10.1. The molecule has 45 heavy (non-hydrogen) atoms. The van der Waals surface area contributed by atoms with Gasteiger partial charge in [-0.1, -0.05) is 32.3 Å². The Kier molecular flexibility index (Phi) is 9.62. The number of nitrogens with one attached hydrogen (secondary N) is 2. The summed E-state index contributed by atoms with van der Waals surface area (Å²) >= 11 is 0. The van der Waals surface area contributed by atoms with Crippen LogP contribution in [0.25, 0.3) is 5.57 Å². The van der Waals surface area contributed by atoms with E-state index < -0.39 is 41.2 Å². The zero-order valence-corrected chi connectivity index (χ0v) is 26.3. The van der Waals surface area contributed by atoms with Crippen molar-refractivity contribution in [3.63, 3.8) is 0 Å². The molecule has 1 aliphatic carbocycles. The number of piperazine rings is 1. The monoisotopic (exact) mass is 633 g/mol. The van der Waals surface area contributed by atoms with Crippen LogP contribution >= 0.6 is 0 Å². The van der Waals surface area contributed by atoms with Gasteiger partial charge in [0.2, 0.25) is 11.8 Å². The summed E-state index contributed by atoms with van der Waals surface area (Å²) in [6.07, 6.45) is 3.27. The molecular formula is C33H43F4N5O3. The van der Waals surface area contributed by atoms with E-state index >= 15 is 4.39 Å². The number of nitrogens with zero attached hydrogens (tertiary/aromatic N) is 3. The third kappa shape index (κ3) is 6.90. The number of likely N-dealkylation sites (N-methyl/N-ethyl adjacent to an activating group) is 1. The van der Waals surface area contributed by atoms with Crippen LogP contribution in [0.2, 0.25) is 0 Å². The lowest BCUT2D eigenvalue weighted by Gasteiger charge is -2.44. The number of amides is 3. The van der Waals surface area contributed by atoms with Crippen LogP contribution in [0.4, 0.5) is 28.9 Å². The highest BCUT2D eigenvalue weighted by molar-refractivity contribution is 6.07. The van der Waals surface area contributed by atoms with Gasteiger partial charge in [0.15, 0.2) is 0 Å².